The van der Waals surface area contributed by atoms with Crippen molar-refractivity contribution < 1.29 is 9.21 Å². The summed E-state index contributed by atoms with van der Waals surface area (Å²) in [5.74, 6) is 0.250. The molecule has 0 aromatic carbocycles. The molecule has 4 nitrogen and oxygen atoms in total. The fourth-order valence-corrected chi connectivity index (χ4v) is 2.97. The van der Waals surface area contributed by atoms with Gasteiger partial charge in [-0.1, -0.05) is 0 Å². The molecule has 17 heavy (non-hydrogen) atoms. The minimum absolute atomic E-state index is 0. The molecular formula is C11H14BrClN2O2. The third-order valence-electron chi connectivity index (χ3n) is 3.41. The van der Waals surface area contributed by atoms with E-state index in [1.165, 1.54) is 6.42 Å². The van der Waals surface area contributed by atoms with Crippen LogP contribution in [0, 0.1) is 0 Å². The van der Waals surface area contributed by atoms with Crippen molar-refractivity contribution in [2.45, 2.75) is 37.4 Å². The van der Waals surface area contributed by atoms with E-state index in [9.17, 15) is 4.79 Å². The summed E-state index contributed by atoms with van der Waals surface area (Å²) in [4.78, 5) is 11.8. The fraction of sp³-hybridized carbons (Fsp3) is 0.545. The van der Waals surface area contributed by atoms with E-state index >= 15 is 0 Å². The first kappa shape index (κ1) is 12.9. The third kappa shape index (κ3) is 2.51. The van der Waals surface area contributed by atoms with Gasteiger partial charge in [-0.2, -0.15) is 0 Å². The normalized spacial score (nSPS) is 30.1. The maximum absolute atomic E-state index is 11.8. The van der Waals surface area contributed by atoms with E-state index in [0.29, 0.717) is 22.5 Å². The summed E-state index contributed by atoms with van der Waals surface area (Å²) >= 11 is 3.19. The topological polar surface area (TPSA) is 54.3 Å². The van der Waals surface area contributed by atoms with Gasteiger partial charge in [0.1, 0.15) is 0 Å². The van der Waals surface area contributed by atoms with Crippen LogP contribution >= 0.6 is 28.3 Å². The molecule has 0 aliphatic carbocycles. The Hall–Kier alpha value is -0.520. The second-order valence-corrected chi connectivity index (χ2v) is 5.25. The van der Waals surface area contributed by atoms with Gasteiger partial charge in [0.05, 0.1) is 0 Å². The smallest absolute Gasteiger partial charge is 0.287 e. The minimum Gasteiger partial charge on any atom is -0.444 e. The Labute approximate surface area is 114 Å². The van der Waals surface area contributed by atoms with Gasteiger partial charge in [-0.3, -0.25) is 4.79 Å². The van der Waals surface area contributed by atoms with Crippen molar-refractivity contribution in [2.24, 2.45) is 0 Å². The highest BCUT2D eigenvalue weighted by Crippen LogP contribution is 2.28. The van der Waals surface area contributed by atoms with Crippen LogP contribution in [0.4, 0.5) is 0 Å². The van der Waals surface area contributed by atoms with Gasteiger partial charge >= 0.3 is 0 Å². The molecule has 0 spiro atoms. The van der Waals surface area contributed by atoms with E-state index in [0.717, 1.165) is 12.8 Å². The summed E-state index contributed by atoms with van der Waals surface area (Å²) in [6.45, 7) is 0. The number of hydrogen-bond donors (Lipinski definition) is 2. The van der Waals surface area contributed by atoms with Gasteiger partial charge in [0.15, 0.2) is 10.4 Å². The molecule has 2 bridgehead atoms. The number of fused-ring (bicyclic) bond motifs is 2. The standard InChI is InChI=1S/C11H13BrN2O2.ClH/c12-10-4-3-9(16-10)11(15)14-8-5-6-1-2-7(8)13-6;/h3-4,6-8,13H,1-2,5H2,(H,14,15);1H/t6?,7?,8-;/m1./s1. The Morgan fingerprint density at radius 3 is 2.82 bits per heavy atom. The molecule has 2 unspecified atom stereocenters. The van der Waals surface area contributed by atoms with Crippen molar-refractivity contribution in [3.63, 3.8) is 0 Å². The SMILES string of the molecule is Cl.O=C(N[C@@H]1CC2CCC1N2)c1ccc(Br)o1. The molecule has 0 radical (unpaired) electrons. The Bertz CT molecular complexity index is 423. The summed E-state index contributed by atoms with van der Waals surface area (Å²) in [6, 6.07) is 4.72. The molecular weight excluding hydrogens is 307 g/mol. The Balaban J connectivity index is 0.00000108. The Kier molecular flexibility index (Phi) is 3.80. The van der Waals surface area contributed by atoms with Crippen LogP contribution in [0.1, 0.15) is 29.8 Å². The predicted molar refractivity (Wildman–Crippen MR) is 69.5 cm³/mol. The molecule has 3 atom stereocenters. The zero-order chi connectivity index (χ0) is 11.1. The summed E-state index contributed by atoms with van der Waals surface area (Å²) < 4.78 is 5.81. The maximum Gasteiger partial charge on any atom is 0.287 e. The highest BCUT2D eigenvalue weighted by Gasteiger charge is 2.39. The molecule has 3 heterocycles. The van der Waals surface area contributed by atoms with Gasteiger partial charge in [-0.15, -0.1) is 12.4 Å². The predicted octanol–water partition coefficient (Wildman–Crippen LogP) is 2.09. The lowest BCUT2D eigenvalue weighted by Crippen LogP contribution is -2.42. The van der Waals surface area contributed by atoms with Crippen molar-refractivity contribution in [1.82, 2.24) is 10.6 Å². The zero-order valence-electron chi connectivity index (χ0n) is 9.11. The van der Waals surface area contributed by atoms with Crippen LogP contribution in [0.25, 0.3) is 0 Å². The van der Waals surface area contributed by atoms with E-state index < -0.39 is 0 Å². The molecule has 6 heteroatoms. The first-order valence-electron chi connectivity index (χ1n) is 5.54. The lowest BCUT2D eigenvalue weighted by Gasteiger charge is -2.20. The molecule has 1 amide bonds. The van der Waals surface area contributed by atoms with Crippen molar-refractivity contribution in [3.05, 3.63) is 22.6 Å². The highest BCUT2D eigenvalue weighted by atomic mass is 79.9. The van der Waals surface area contributed by atoms with Crippen LogP contribution < -0.4 is 10.6 Å². The average Bonchev–Trinajstić information content (AvgIpc) is 2.92. The van der Waals surface area contributed by atoms with E-state index in [-0.39, 0.29) is 24.4 Å². The van der Waals surface area contributed by atoms with Crippen LogP contribution in [0.2, 0.25) is 0 Å². The molecule has 2 fully saturated rings. The van der Waals surface area contributed by atoms with E-state index in [1.54, 1.807) is 12.1 Å². The summed E-state index contributed by atoms with van der Waals surface area (Å²) in [6.07, 6.45) is 3.44. The number of nitrogens with one attached hydrogen (secondary N) is 2. The van der Waals surface area contributed by atoms with Crippen LogP contribution in [0.15, 0.2) is 21.2 Å². The van der Waals surface area contributed by atoms with E-state index in [4.69, 9.17) is 4.42 Å². The number of carbonyl (C=O) groups is 1. The Morgan fingerprint density at radius 2 is 2.29 bits per heavy atom. The fourth-order valence-electron chi connectivity index (χ4n) is 2.66. The first-order chi connectivity index (χ1) is 7.72. The average molecular weight is 322 g/mol. The monoisotopic (exact) mass is 320 g/mol. The molecule has 94 valence electrons. The lowest BCUT2D eigenvalue weighted by atomic mass is 9.95. The summed E-state index contributed by atoms with van der Waals surface area (Å²) in [5, 5.41) is 6.51. The second kappa shape index (κ2) is 5.00. The molecule has 2 aliphatic rings. The van der Waals surface area contributed by atoms with E-state index in [1.807, 2.05) is 0 Å². The minimum atomic E-state index is -0.120. The van der Waals surface area contributed by atoms with Gasteiger partial charge in [-0.05, 0) is 47.3 Å². The van der Waals surface area contributed by atoms with Gasteiger partial charge < -0.3 is 15.1 Å². The van der Waals surface area contributed by atoms with Crippen LogP contribution in [-0.2, 0) is 0 Å². The Morgan fingerprint density at radius 1 is 1.47 bits per heavy atom. The third-order valence-corrected chi connectivity index (χ3v) is 3.84. The first-order valence-corrected chi connectivity index (χ1v) is 6.34. The van der Waals surface area contributed by atoms with Crippen molar-refractivity contribution in [1.29, 1.82) is 0 Å². The number of carbonyl (C=O) groups excluding carboxylic acids is 1. The van der Waals surface area contributed by atoms with Crippen LogP contribution in [-0.4, -0.2) is 24.0 Å². The lowest BCUT2D eigenvalue weighted by molar-refractivity contribution is 0.0901. The molecule has 1 aromatic rings. The van der Waals surface area contributed by atoms with Gasteiger partial charge in [0, 0.05) is 18.1 Å². The number of amides is 1. The molecule has 2 N–H and O–H groups in total. The summed E-state index contributed by atoms with van der Waals surface area (Å²) in [5.41, 5.74) is 0. The molecule has 1 aromatic heterocycles. The largest absolute Gasteiger partial charge is 0.444 e. The van der Waals surface area contributed by atoms with Crippen molar-refractivity contribution in [3.8, 4) is 0 Å². The molecule has 2 saturated heterocycles. The molecule has 0 saturated carbocycles. The maximum atomic E-state index is 11.8. The molecule has 3 rings (SSSR count). The van der Waals surface area contributed by atoms with Crippen LogP contribution in [0.3, 0.4) is 0 Å². The second-order valence-electron chi connectivity index (χ2n) is 4.47. The quantitative estimate of drug-likeness (QED) is 0.877. The van der Waals surface area contributed by atoms with Gasteiger partial charge in [0.2, 0.25) is 0 Å². The zero-order valence-corrected chi connectivity index (χ0v) is 11.5. The van der Waals surface area contributed by atoms with Crippen LogP contribution in [0.5, 0.6) is 0 Å². The number of hydrogen-bond acceptors (Lipinski definition) is 3. The molecule has 2 aliphatic heterocycles. The summed E-state index contributed by atoms with van der Waals surface area (Å²) in [7, 11) is 0. The van der Waals surface area contributed by atoms with Gasteiger partial charge in [0.25, 0.3) is 5.91 Å². The van der Waals surface area contributed by atoms with E-state index in [2.05, 4.69) is 26.6 Å². The number of furan rings is 1. The highest BCUT2D eigenvalue weighted by molar-refractivity contribution is 9.10. The van der Waals surface area contributed by atoms with Gasteiger partial charge in [-0.25, -0.2) is 0 Å². The van der Waals surface area contributed by atoms with Crippen molar-refractivity contribution in [2.75, 3.05) is 0 Å². The van der Waals surface area contributed by atoms with Crippen molar-refractivity contribution >= 4 is 34.2 Å². The number of halogens is 2. The number of rotatable bonds is 2.